The first kappa shape index (κ1) is 11.2. The third-order valence-corrected chi connectivity index (χ3v) is 3.93. The quantitative estimate of drug-likeness (QED) is 0.706. The van der Waals surface area contributed by atoms with Gasteiger partial charge in [0.2, 0.25) is 0 Å². The van der Waals surface area contributed by atoms with Crippen LogP contribution in [-0.2, 0) is 6.54 Å². The number of thiophene rings is 1. The lowest BCUT2D eigenvalue weighted by Crippen LogP contribution is -2.20. The maximum atomic E-state index is 12.2. The maximum absolute atomic E-state index is 12.2. The summed E-state index contributed by atoms with van der Waals surface area (Å²) in [5.41, 5.74) is 3.16. The molecule has 0 aliphatic heterocycles. The van der Waals surface area contributed by atoms with E-state index in [1.165, 1.54) is 16.9 Å². The maximum Gasteiger partial charge on any atom is 0.271 e. The molecule has 0 N–H and O–H groups in total. The average Bonchev–Trinajstić information content (AvgIpc) is 2.84. The van der Waals surface area contributed by atoms with Gasteiger partial charge in [0.15, 0.2) is 0 Å². The molecule has 0 saturated carbocycles. The molecule has 3 rings (SSSR count). The summed E-state index contributed by atoms with van der Waals surface area (Å²) >= 11 is 1.45. The summed E-state index contributed by atoms with van der Waals surface area (Å²) in [5.74, 6) is 0. The summed E-state index contributed by atoms with van der Waals surface area (Å²) in [7, 11) is 0. The number of aromatic nitrogens is 2. The molecule has 0 unspecified atom stereocenters. The lowest BCUT2D eigenvalue weighted by atomic mass is 10.1. The van der Waals surface area contributed by atoms with Gasteiger partial charge in [-0.15, -0.1) is 11.3 Å². The number of rotatable bonds is 2. The fourth-order valence-corrected chi connectivity index (χ4v) is 2.76. The predicted octanol–water partition coefficient (Wildman–Crippen LogP) is 2.81. The van der Waals surface area contributed by atoms with E-state index in [9.17, 15) is 4.79 Å². The van der Waals surface area contributed by atoms with Crippen LogP contribution < -0.4 is 5.56 Å². The molecule has 0 saturated heterocycles. The zero-order valence-electron chi connectivity index (χ0n) is 9.96. The van der Waals surface area contributed by atoms with E-state index < -0.39 is 0 Å². The SMILES string of the molecule is Cc1ccccc1Cn1cnc2ccsc2c1=O. The van der Waals surface area contributed by atoms with E-state index in [2.05, 4.69) is 18.0 Å². The van der Waals surface area contributed by atoms with Crippen molar-refractivity contribution in [2.45, 2.75) is 13.5 Å². The van der Waals surface area contributed by atoms with Crippen LogP contribution in [-0.4, -0.2) is 9.55 Å². The first-order valence-corrected chi connectivity index (χ1v) is 6.61. The number of hydrogen-bond donors (Lipinski definition) is 0. The van der Waals surface area contributed by atoms with E-state index in [1.54, 1.807) is 10.9 Å². The van der Waals surface area contributed by atoms with E-state index in [-0.39, 0.29) is 5.56 Å². The molecule has 0 spiro atoms. The van der Waals surface area contributed by atoms with Gasteiger partial charge in [0.05, 0.1) is 18.4 Å². The lowest BCUT2D eigenvalue weighted by Gasteiger charge is -2.07. The van der Waals surface area contributed by atoms with Crippen LogP contribution >= 0.6 is 11.3 Å². The van der Waals surface area contributed by atoms with Crippen molar-refractivity contribution in [1.29, 1.82) is 0 Å². The summed E-state index contributed by atoms with van der Waals surface area (Å²) in [4.78, 5) is 16.5. The first-order chi connectivity index (χ1) is 8.75. The molecule has 0 aliphatic carbocycles. The molecule has 0 radical (unpaired) electrons. The fourth-order valence-electron chi connectivity index (χ4n) is 1.96. The normalized spacial score (nSPS) is 10.9. The van der Waals surface area contributed by atoms with Gasteiger partial charge in [-0.05, 0) is 29.5 Å². The second kappa shape index (κ2) is 4.38. The third-order valence-electron chi connectivity index (χ3n) is 3.04. The summed E-state index contributed by atoms with van der Waals surface area (Å²) in [6.45, 7) is 2.63. The van der Waals surface area contributed by atoms with Crippen LogP contribution in [0.25, 0.3) is 10.2 Å². The van der Waals surface area contributed by atoms with Crippen LogP contribution in [0.5, 0.6) is 0 Å². The topological polar surface area (TPSA) is 34.9 Å². The highest BCUT2D eigenvalue weighted by Gasteiger charge is 2.06. The Kier molecular flexibility index (Phi) is 2.72. The number of benzene rings is 1. The van der Waals surface area contributed by atoms with Crippen molar-refractivity contribution in [3.05, 3.63) is 63.5 Å². The molecule has 0 amide bonds. The van der Waals surface area contributed by atoms with Crippen molar-refractivity contribution in [2.24, 2.45) is 0 Å². The van der Waals surface area contributed by atoms with E-state index in [0.717, 1.165) is 15.8 Å². The van der Waals surface area contributed by atoms with Gasteiger partial charge in [-0.2, -0.15) is 0 Å². The van der Waals surface area contributed by atoms with Crippen molar-refractivity contribution in [3.63, 3.8) is 0 Å². The Morgan fingerprint density at radius 3 is 2.94 bits per heavy atom. The second-order valence-corrected chi connectivity index (χ2v) is 5.16. The van der Waals surface area contributed by atoms with Gasteiger partial charge in [-0.1, -0.05) is 24.3 Å². The monoisotopic (exact) mass is 256 g/mol. The molecule has 3 aromatic rings. The Balaban J connectivity index is 2.08. The van der Waals surface area contributed by atoms with Gasteiger partial charge in [0, 0.05) is 0 Å². The Bertz CT molecular complexity index is 758. The highest BCUT2D eigenvalue weighted by molar-refractivity contribution is 7.17. The molecule has 0 fully saturated rings. The second-order valence-electron chi connectivity index (χ2n) is 4.24. The smallest absolute Gasteiger partial charge is 0.271 e. The van der Waals surface area contributed by atoms with Gasteiger partial charge in [0.25, 0.3) is 5.56 Å². The number of nitrogens with zero attached hydrogens (tertiary/aromatic N) is 2. The molecule has 0 aliphatic rings. The molecule has 3 nitrogen and oxygen atoms in total. The summed E-state index contributed by atoms with van der Waals surface area (Å²) in [5, 5.41) is 1.90. The Labute approximate surface area is 108 Å². The Hall–Kier alpha value is -1.94. The van der Waals surface area contributed by atoms with Gasteiger partial charge in [0.1, 0.15) is 4.70 Å². The van der Waals surface area contributed by atoms with Crippen molar-refractivity contribution in [2.75, 3.05) is 0 Å². The van der Waals surface area contributed by atoms with Gasteiger partial charge in [-0.25, -0.2) is 4.98 Å². The van der Waals surface area contributed by atoms with Crippen LogP contribution in [0, 0.1) is 6.92 Å². The van der Waals surface area contributed by atoms with E-state index in [4.69, 9.17) is 0 Å². The summed E-state index contributed by atoms with van der Waals surface area (Å²) in [6, 6.07) is 9.96. The largest absolute Gasteiger partial charge is 0.294 e. The molecule has 90 valence electrons. The van der Waals surface area contributed by atoms with Crippen LogP contribution in [0.4, 0.5) is 0 Å². The molecule has 0 bridgehead atoms. The van der Waals surface area contributed by atoms with Crippen molar-refractivity contribution < 1.29 is 0 Å². The van der Waals surface area contributed by atoms with Crippen molar-refractivity contribution in [1.82, 2.24) is 9.55 Å². The number of fused-ring (bicyclic) bond motifs is 1. The molecular formula is C14H12N2OS. The Morgan fingerprint density at radius 2 is 2.11 bits per heavy atom. The van der Waals surface area contributed by atoms with Gasteiger partial charge in [-0.3, -0.25) is 9.36 Å². The van der Waals surface area contributed by atoms with Crippen molar-refractivity contribution in [3.8, 4) is 0 Å². The zero-order valence-corrected chi connectivity index (χ0v) is 10.8. The highest BCUT2D eigenvalue weighted by Crippen LogP contribution is 2.14. The minimum absolute atomic E-state index is 0.0400. The average molecular weight is 256 g/mol. The van der Waals surface area contributed by atoms with E-state index >= 15 is 0 Å². The van der Waals surface area contributed by atoms with Crippen LogP contribution in [0.2, 0.25) is 0 Å². The van der Waals surface area contributed by atoms with E-state index in [0.29, 0.717) is 6.54 Å². The first-order valence-electron chi connectivity index (χ1n) is 5.73. The van der Waals surface area contributed by atoms with Crippen LogP contribution in [0.1, 0.15) is 11.1 Å². The molecular weight excluding hydrogens is 244 g/mol. The minimum atomic E-state index is 0.0400. The lowest BCUT2D eigenvalue weighted by molar-refractivity contribution is 0.746. The number of aryl methyl sites for hydroxylation is 1. The van der Waals surface area contributed by atoms with Crippen molar-refractivity contribution >= 4 is 21.6 Å². The minimum Gasteiger partial charge on any atom is -0.294 e. The summed E-state index contributed by atoms with van der Waals surface area (Å²) < 4.78 is 2.40. The standard InChI is InChI=1S/C14H12N2OS/c1-10-4-2-3-5-11(10)8-16-9-15-12-6-7-18-13(12)14(16)17/h2-7,9H,8H2,1H3. The fraction of sp³-hybridized carbons (Fsp3) is 0.143. The van der Waals surface area contributed by atoms with Gasteiger partial charge < -0.3 is 0 Å². The molecule has 18 heavy (non-hydrogen) atoms. The summed E-state index contributed by atoms with van der Waals surface area (Å²) in [6.07, 6.45) is 1.63. The van der Waals surface area contributed by atoms with Gasteiger partial charge >= 0.3 is 0 Å². The molecule has 1 aromatic carbocycles. The third kappa shape index (κ3) is 1.84. The van der Waals surface area contributed by atoms with E-state index in [1.807, 2.05) is 29.6 Å². The number of hydrogen-bond acceptors (Lipinski definition) is 3. The highest BCUT2D eigenvalue weighted by atomic mass is 32.1. The zero-order chi connectivity index (χ0) is 12.5. The molecule has 4 heteroatoms. The predicted molar refractivity (Wildman–Crippen MR) is 74.2 cm³/mol. The Morgan fingerprint density at radius 1 is 1.28 bits per heavy atom. The molecule has 2 aromatic heterocycles. The van der Waals surface area contributed by atoms with Crippen LogP contribution in [0.3, 0.4) is 0 Å². The van der Waals surface area contributed by atoms with Crippen LogP contribution in [0.15, 0.2) is 46.8 Å². The molecule has 2 heterocycles. The molecule has 0 atom stereocenters.